The van der Waals surface area contributed by atoms with E-state index in [0.717, 1.165) is 5.92 Å². The van der Waals surface area contributed by atoms with Crippen molar-refractivity contribution in [1.82, 2.24) is 0 Å². The van der Waals surface area contributed by atoms with Crippen LogP contribution in [0.5, 0.6) is 0 Å². The predicted molar refractivity (Wildman–Crippen MR) is 141 cm³/mol. The number of allylic oxidation sites excluding steroid dienone is 4. The molecule has 1 saturated carbocycles. The molecule has 0 nitrogen and oxygen atoms in total. The van der Waals surface area contributed by atoms with E-state index < -0.39 is 21.0 Å². The summed E-state index contributed by atoms with van der Waals surface area (Å²) in [5, 5.41) is 0. The molecule has 3 aliphatic carbocycles. The first kappa shape index (κ1) is 23.4. The van der Waals surface area contributed by atoms with Crippen LogP contribution in [-0.4, -0.2) is 3.76 Å². The molecule has 0 heterocycles. The molecule has 0 N–H and O–H groups in total. The zero-order chi connectivity index (χ0) is 23.4. The van der Waals surface area contributed by atoms with E-state index in [9.17, 15) is 0 Å². The van der Waals surface area contributed by atoms with Crippen LogP contribution in [0.25, 0.3) is 11.1 Å². The van der Waals surface area contributed by atoms with Crippen LogP contribution in [0, 0.1) is 5.92 Å². The molecular weight excluding hydrogens is 563 g/mol. The molecule has 1 fully saturated rings. The molecule has 172 valence electrons. The summed E-state index contributed by atoms with van der Waals surface area (Å²) in [5.41, 5.74) is 9.64. The molecular formula is C32H40Hf. The third kappa shape index (κ3) is 4.52. The van der Waals surface area contributed by atoms with Crippen LogP contribution in [0.3, 0.4) is 0 Å². The van der Waals surface area contributed by atoms with Crippen molar-refractivity contribution in [2.45, 2.75) is 85.4 Å². The van der Waals surface area contributed by atoms with Crippen molar-refractivity contribution >= 4 is 3.76 Å². The standard InChI is InChI=1S/C21H25.C6H10.C5H5.Hf/c1-20(2,3)16-7-9-18-14(12-16)11-15-13-17(21(4,5)6)8-10-19(15)18;1-6-4-2-3-5-6;1-2-4-5-3-1;/h7-13H,1-6H3;1,6H,2-5H2;1-5H;. The van der Waals surface area contributed by atoms with Crippen LogP contribution in [0.2, 0.25) is 3.67 Å². The molecule has 0 bridgehead atoms. The van der Waals surface area contributed by atoms with Gasteiger partial charge in [0.2, 0.25) is 0 Å². The zero-order valence-electron chi connectivity index (χ0n) is 21.4. The second kappa shape index (κ2) is 8.71. The number of benzene rings is 2. The van der Waals surface area contributed by atoms with Gasteiger partial charge in [0.1, 0.15) is 0 Å². The molecule has 0 aromatic heterocycles. The third-order valence-electron chi connectivity index (χ3n) is 8.04. The van der Waals surface area contributed by atoms with Gasteiger partial charge in [-0.05, 0) is 0 Å². The fraction of sp³-hybridized carbons (Fsp3) is 0.469. The van der Waals surface area contributed by atoms with Crippen molar-refractivity contribution in [1.29, 1.82) is 0 Å². The Labute approximate surface area is 209 Å². The monoisotopic (exact) mass is 604 g/mol. The van der Waals surface area contributed by atoms with Gasteiger partial charge in [-0.1, -0.05) is 0 Å². The van der Waals surface area contributed by atoms with Crippen molar-refractivity contribution in [3.8, 4) is 11.1 Å². The molecule has 2 aromatic rings. The fourth-order valence-corrected chi connectivity index (χ4v) is 18.7. The summed E-state index contributed by atoms with van der Waals surface area (Å²) in [6.45, 7) is 14.2. The molecule has 0 amide bonds. The van der Waals surface area contributed by atoms with E-state index in [0.29, 0.717) is 7.35 Å². The van der Waals surface area contributed by atoms with Gasteiger partial charge in [-0.2, -0.15) is 0 Å². The number of rotatable bonds is 3. The van der Waals surface area contributed by atoms with Crippen LogP contribution >= 0.6 is 0 Å². The average Bonchev–Trinajstić information content (AvgIpc) is 3.50. The zero-order valence-corrected chi connectivity index (χ0v) is 25.0. The van der Waals surface area contributed by atoms with Crippen molar-refractivity contribution in [2.75, 3.05) is 0 Å². The van der Waals surface area contributed by atoms with Gasteiger partial charge in [0.15, 0.2) is 0 Å². The molecule has 0 unspecified atom stereocenters. The van der Waals surface area contributed by atoms with Crippen molar-refractivity contribution in [2.24, 2.45) is 5.92 Å². The molecule has 3 aliphatic rings. The van der Waals surface area contributed by atoms with E-state index in [4.69, 9.17) is 0 Å². The summed E-state index contributed by atoms with van der Waals surface area (Å²) in [7, 11) is 0. The molecule has 2 aromatic carbocycles. The van der Waals surface area contributed by atoms with E-state index in [-0.39, 0.29) is 10.8 Å². The quantitative estimate of drug-likeness (QED) is 0.308. The molecule has 0 spiro atoms. The second-order valence-electron chi connectivity index (χ2n) is 12.5. The Morgan fingerprint density at radius 1 is 0.727 bits per heavy atom. The van der Waals surface area contributed by atoms with E-state index in [2.05, 4.69) is 106 Å². The van der Waals surface area contributed by atoms with Gasteiger partial charge < -0.3 is 0 Å². The maximum atomic E-state index is 2.99. The predicted octanol–water partition coefficient (Wildman–Crippen LogP) is 8.88. The third-order valence-corrected chi connectivity index (χ3v) is 19.9. The fourth-order valence-electron chi connectivity index (χ4n) is 6.00. The van der Waals surface area contributed by atoms with Crippen LogP contribution < -0.4 is 0 Å². The Hall–Kier alpha value is -1.34. The normalized spacial score (nSPS) is 19.5. The SMILES string of the molecule is CC(C)(C)c1ccc2c(c1)[CH]([Hf](=[CH]C1CCCC1)[CH]1C=CC=C1)c1cc(C(C)(C)C)ccc1-2. The van der Waals surface area contributed by atoms with Crippen molar-refractivity contribution in [3.63, 3.8) is 0 Å². The maximum absolute atomic E-state index is 2.99. The molecule has 0 radical (unpaired) electrons. The number of hydrogen-bond donors (Lipinski definition) is 0. The molecule has 0 aliphatic heterocycles. The van der Waals surface area contributed by atoms with E-state index in [1.54, 1.807) is 11.1 Å². The van der Waals surface area contributed by atoms with Crippen molar-refractivity contribution < 1.29 is 21.0 Å². The van der Waals surface area contributed by atoms with E-state index >= 15 is 0 Å². The number of hydrogen-bond acceptors (Lipinski definition) is 0. The van der Waals surface area contributed by atoms with Crippen LogP contribution in [-0.2, 0) is 31.8 Å². The Balaban J connectivity index is 1.73. The van der Waals surface area contributed by atoms with Gasteiger partial charge >= 0.3 is 210 Å². The summed E-state index contributed by atoms with van der Waals surface area (Å²) in [6, 6.07) is 14.9. The first-order valence-electron chi connectivity index (χ1n) is 13.0. The molecule has 1 heteroatoms. The number of fused-ring (bicyclic) bond motifs is 3. The Morgan fingerprint density at radius 2 is 1.21 bits per heavy atom. The van der Waals surface area contributed by atoms with Crippen LogP contribution in [0.15, 0.2) is 60.7 Å². The molecule has 0 saturated heterocycles. The van der Waals surface area contributed by atoms with E-state index in [1.807, 2.05) is 0 Å². The Bertz CT molecular complexity index is 1060. The van der Waals surface area contributed by atoms with Gasteiger partial charge in [0.25, 0.3) is 0 Å². The van der Waals surface area contributed by atoms with Gasteiger partial charge in [0, 0.05) is 0 Å². The van der Waals surface area contributed by atoms with Crippen LogP contribution in [0.4, 0.5) is 0 Å². The first-order chi connectivity index (χ1) is 15.6. The van der Waals surface area contributed by atoms with Gasteiger partial charge in [-0.15, -0.1) is 0 Å². The van der Waals surface area contributed by atoms with Crippen molar-refractivity contribution in [3.05, 3.63) is 83.0 Å². The van der Waals surface area contributed by atoms with E-state index in [1.165, 1.54) is 47.9 Å². The van der Waals surface area contributed by atoms with Gasteiger partial charge in [-0.3, -0.25) is 0 Å². The average molecular weight is 603 g/mol. The summed E-state index contributed by atoms with van der Waals surface area (Å²) in [4.78, 5) is 0. The minimum atomic E-state index is -2.29. The molecule has 0 atom stereocenters. The Morgan fingerprint density at radius 3 is 1.67 bits per heavy atom. The molecule has 5 rings (SSSR count). The summed E-state index contributed by atoms with van der Waals surface area (Å²) in [6.07, 6.45) is 15.4. The second-order valence-corrected chi connectivity index (χ2v) is 21.8. The van der Waals surface area contributed by atoms with Gasteiger partial charge in [0.05, 0.1) is 0 Å². The Kier molecular flexibility index (Phi) is 6.17. The summed E-state index contributed by atoms with van der Waals surface area (Å²) in [5.74, 6) is 0.860. The summed E-state index contributed by atoms with van der Waals surface area (Å²) < 4.78 is 4.33. The first-order valence-corrected chi connectivity index (χ1v) is 19.2. The van der Waals surface area contributed by atoms with Gasteiger partial charge in [-0.25, -0.2) is 0 Å². The topological polar surface area (TPSA) is 0 Å². The summed E-state index contributed by atoms with van der Waals surface area (Å²) >= 11 is -2.29. The molecule has 33 heavy (non-hydrogen) atoms. The minimum absolute atomic E-state index is 0.179. The van der Waals surface area contributed by atoms with Crippen LogP contribution in [0.1, 0.15) is 93.2 Å².